The first-order chi connectivity index (χ1) is 64.6. The largest absolute Gasteiger partial charge is 0.490 e. The zero-order valence-electron chi connectivity index (χ0n) is 79.5. The topological polar surface area (TPSA) is 359 Å². The molecule has 0 radical (unpaired) electrons. The lowest BCUT2D eigenvalue weighted by Gasteiger charge is -2.49. The minimum Gasteiger partial charge on any atom is -0.490 e. The maximum Gasteiger partial charge on any atom is 0.264 e. The number of nitrogens with one attached hydrogen (secondary N) is 3. The number of carbonyl (C=O) groups excluding carboxylic acids is 4. The van der Waals surface area contributed by atoms with Crippen molar-refractivity contribution >= 4 is 125 Å². The number of rotatable bonds is 6. The molecule has 5 N–H and O–H groups in total. The van der Waals surface area contributed by atoms with Crippen LogP contribution in [0.5, 0.6) is 17.2 Å². The van der Waals surface area contributed by atoms with Gasteiger partial charge >= 0.3 is 0 Å². The molecule has 0 aromatic heterocycles. The lowest BCUT2D eigenvalue weighted by Crippen LogP contribution is -2.55. The number of benzene rings is 6. The summed E-state index contributed by atoms with van der Waals surface area (Å²) in [6.45, 7) is 14.7. The molecular formula is C103H133Cl3N8O19S5. The van der Waals surface area contributed by atoms with Crippen LogP contribution in [-0.4, -0.2) is 210 Å². The van der Waals surface area contributed by atoms with Gasteiger partial charge in [0, 0.05) is 121 Å². The highest BCUT2D eigenvalue weighted by molar-refractivity contribution is 7.91. The Labute approximate surface area is 830 Å². The van der Waals surface area contributed by atoms with Gasteiger partial charge in [0.25, 0.3) is 17.7 Å². The Balaban J connectivity index is 0.000000157. The summed E-state index contributed by atoms with van der Waals surface area (Å²) in [6.07, 6.45) is 24.0. The highest BCUT2D eigenvalue weighted by Gasteiger charge is 2.54. The number of hydrogen-bond donors (Lipinski definition) is 5. The summed E-state index contributed by atoms with van der Waals surface area (Å²) in [5, 5.41) is 23.9. The van der Waals surface area contributed by atoms with E-state index in [1.54, 1.807) is 126 Å². The molecule has 3 spiro atoms. The van der Waals surface area contributed by atoms with Crippen molar-refractivity contribution in [3.63, 3.8) is 0 Å². The van der Waals surface area contributed by atoms with E-state index in [9.17, 15) is 71.5 Å². The third-order valence-electron chi connectivity index (χ3n) is 32.3. The lowest BCUT2D eigenvalue weighted by molar-refractivity contribution is -0.122. The lowest BCUT2D eigenvalue weighted by atomic mass is 9.64. The number of halogens is 3. The van der Waals surface area contributed by atoms with Crippen molar-refractivity contribution in [2.24, 2.45) is 53.3 Å². The first-order valence-electron chi connectivity index (χ1n) is 48.0. The van der Waals surface area contributed by atoms with E-state index in [-0.39, 0.29) is 100 Å². The summed E-state index contributed by atoms with van der Waals surface area (Å²) >= 11 is 19.2. The summed E-state index contributed by atoms with van der Waals surface area (Å²) in [5.74, 6) is -2.94. The number of amides is 3. The van der Waals surface area contributed by atoms with Crippen molar-refractivity contribution in [2.45, 2.75) is 208 Å². The summed E-state index contributed by atoms with van der Waals surface area (Å²) < 4.78 is 161. The average Bonchev–Trinajstić information content (AvgIpc) is 1.58. The molecule has 6 aliphatic heterocycles. The van der Waals surface area contributed by atoms with Crippen molar-refractivity contribution in [3.05, 3.63) is 211 Å². The fourth-order valence-corrected chi connectivity index (χ4v) is 29.6. The number of ketones is 1. The molecule has 35 heteroatoms. The third-order valence-corrected chi connectivity index (χ3v) is 42.6. The molecule has 6 aliphatic carbocycles. The maximum absolute atomic E-state index is 13.5. The second kappa shape index (κ2) is 40.6. The van der Waals surface area contributed by atoms with Crippen LogP contribution in [0.25, 0.3) is 0 Å². The molecule has 17 atom stereocenters. The molecular weight excluding hydrogens is 1920 g/mol. The van der Waals surface area contributed by atoms with E-state index in [0.717, 1.165) is 103 Å². The SMILES string of the molecule is C.C[C@@H]1[C@@H](C)C/C=C/C(=O)[C@@H]2CC[C@H]2CN2C[C@@]3(CCCc4cc(Cl)ccc43)COc3ccc(cc32)C(=O)NS1(=O)=O.C[C@@H]1[C@@H](C)C/C=C/[C@@](O)(CS(=O)(=O)N(C)C)[C@@H]2CC[C@H]2CN2C[C@@]3(CCCc4cc(Cl)ccc43)COc3ccc(cc32)C(=O)NS1(=O)=O.C[C@@H]1[C@@H](C)C/C=C/[C@](O)(CS(=O)(=O)N(C)C)[C@@H]2CC[C@H]2CN2C[C@@]3(CCCc4cc(Cl)ccc43)COc3ccc(cc32)C(=O)NS1(=O)=O. The number of carbonyl (C=O) groups is 4. The summed E-state index contributed by atoms with van der Waals surface area (Å²) in [6, 6.07) is 33.3. The fourth-order valence-electron chi connectivity index (χ4n) is 22.9. The number of nitrogens with zero attached hydrogens (tertiary/aromatic N) is 5. The van der Waals surface area contributed by atoms with Gasteiger partial charge in [-0.1, -0.05) is 112 Å². The Morgan fingerprint density at radius 2 is 0.739 bits per heavy atom. The van der Waals surface area contributed by atoms with Gasteiger partial charge in [0.2, 0.25) is 50.1 Å². The Morgan fingerprint density at radius 3 is 1.04 bits per heavy atom. The van der Waals surface area contributed by atoms with Gasteiger partial charge in [-0.15, -0.1) is 0 Å². The molecule has 12 aliphatic rings. The van der Waals surface area contributed by atoms with Crippen molar-refractivity contribution in [2.75, 3.05) is 113 Å². The van der Waals surface area contributed by atoms with Gasteiger partial charge in [-0.25, -0.2) is 64.9 Å². The number of anilines is 3. The Morgan fingerprint density at radius 1 is 0.428 bits per heavy atom. The summed E-state index contributed by atoms with van der Waals surface area (Å²) in [7, 11) is -13.8. The first kappa shape index (κ1) is 104. The van der Waals surface area contributed by atoms with E-state index >= 15 is 0 Å². The Hall–Kier alpha value is -8.12. The average molecular weight is 2050 g/mol. The predicted octanol–water partition coefficient (Wildman–Crippen LogP) is 15.1. The number of fused-ring (bicyclic) bond motifs is 12. The van der Waals surface area contributed by atoms with Crippen LogP contribution in [-0.2, 0) is 90.4 Å². The van der Waals surface area contributed by atoms with Crippen LogP contribution < -0.4 is 43.1 Å². The molecule has 138 heavy (non-hydrogen) atoms. The molecule has 0 unspecified atom stereocenters. The molecule has 6 heterocycles. The summed E-state index contributed by atoms with van der Waals surface area (Å²) in [4.78, 5) is 60.1. The van der Waals surface area contributed by atoms with E-state index in [1.807, 2.05) is 37.3 Å². The number of hydrogen-bond acceptors (Lipinski definition) is 22. The van der Waals surface area contributed by atoms with E-state index in [0.29, 0.717) is 117 Å². The standard InChI is InChI=1S/2C35H46ClN3O7S2.C32H37ClN2O5S.CH4/c2*1-23-7-5-16-35(41,22-47(42,43)38(3)4)30-12-9-27(30)19-39-20-34(15-6-8-25-17-28(36)11-13-29(25)34)21-46-32-14-10-26(18-31(32)39)33(40)37-48(44,45)24(23)2;1-20-5-3-7-29(36)26-11-8-24(26)17-35-18-32(14-4-6-22-15-25(33)10-12-27(22)32)19-40-30-13-9-23(16-28(30)35)31(37)34-41(38,39)21(20)2;/h2*5,10-11,13-14,16-18,23-24,27,30,41H,6-9,12,15,19-22H2,1-4H3,(H,37,40);3,7,9-10,12-13,15-16,20-21,24,26H,4-6,8,11,14,17-19H2,1-2H3,(H,34,37);1H4/b2*16-5+;7-3+;/t23-,24+,27-,30+,34-,35+;23-,24+,27-,30+,34-,35-;20-,21+,24-,26+,32-;/m000./s1. The van der Waals surface area contributed by atoms with Crippen molar-refractivity contribution in [3.8, 4) is 17.2 Å². The highest BCUT2D eigenvalue weighted by atomic mass is 35.5. The first-order valence-corrected chi connectivity index (χ1v) is 57.0. The summed E-state index contributed by atoms with van der Waals surface area (Å²) in [5.41, 5.74) is 5.54. The van der Waals surface area contributed by atoms with Crippen molar-refractivity contribution in [1.82, 2.24) is 22.8 Å². The van der Waals surface area contributed by atoms with E-state index in [4.69, 9.17) is 49.0 Å². The Bertz CT molecular complexity index is 6120. The van der Waals surface area contributed by atoms with Crippen LogP contribution in [0.3, 0.4) is 0 Å². The van der Waals surface area contributed by atoms with Gasteiger partial charge in [-0.2, -0.15) is 0 Å². The van der Waals surface area contributed by atoms with Crippen LogP contribution in [0.15, 0.2) is 146 Å². The van der Waals surface area contributed by atoms with Gasteiger partial charge in [0.1, 0.15) is 28.5 Å². The predicted molar refractivity (Wildman–Crippen MR) is 542 cm³/mol. The quantitative estimate of drug-likeness (QED) is 0.0967. The molecule has 3 saturated carbocycles. The van der Waals surface area contributed by atoms with E-state index < -0.39 is 118 Å². The molecule has 3 amide bonds. The number of allylic oxidation sites excluding steroid dienone is 4. The number of aryl methyl sites for hydroxylation is 3. The zero-order valence-corrected chi connectivity index (χ0v) is 85.9. The van der Waals surface area contributed by atoms with Crippen LogP contribution in [0, 0.1) is 53.3 Å². The van der Waals surface area contributed by atoms with Crippen LogP contribution in [0.2, 0.25) is 15.1 Å². The highest BCUT2D eigenvalue weighted by Crippen LogP contribution is 2.54. The number of sulfonamides is 5. The molecule has 0 saturated heterocycles. The monoisotopic (exact) mass is 2050 g/mol. The number of ether oxygens (including phenoxy) is 3. The van der Waals surface area contributed by atoms with Gasteiger partial charge in [-0.05, 0) is 314 Å². The number of aliphatic hydroxyl groups is 2. The molecule has 750 valence electrons. The Kier molecular flexibility index (Phi) is 30.6. The smallest absolute Gasteiger partial charge is 0.264 e. The minimum atomic E-state index is -4.07. The van der Waals surface area contributed by atoms with Gasteiger partial charge in [0.15, 0.2) is 5.78 Å². The normalized spacial score (nSPS) is 32.2. The van der Waals surface area contributed by atoms with E-state index in [2.05, 4.69) is 53.1 Å². The van der Waals surface area contributed by atoms with Crippen molar-refractivity contribution in [1.29, 1.82) is 0 Å². The second-order valence-electron chi connectivity index (χ2n) is 41.5. The van der Waals surface area contributed by atoms with Gasteiger partial charge in [0.05, 0.1) is 64.1 Å². The molecule has 6 aromatic carbocycles. The van der Waals surface area contributed by atoms with Crippen LogP contribution in [0.1, 0.15) is 210 Å². The van der Waals surface area contributed by atoms with E-state index in [1.165, 1.54) is 61.6 Å². The zero-order chi connectivity index (χ0) is 98.2. The van der Waals surface area contributed by atoms with Gasteiger partial charge in [-0.3, -0.25) is 19.2 Å². The third kappa shape index (κ3) is 21.4. The van der Waals surface area contributed by atoms with Gasteiger partial charge < -0.3 is 39.1 Å². The van der Waals surface area contributed by atoms with Crippen LogP contribution in [0.4, 0.5) is 17.1 Å². The minimum absolute atomic E-state index is 0. The molecule has 18 rings (SSSR count). The molecule has 3 fully saturated rings. The molecule has 6 bridgehead atoms. The second-order valence-corrected chi connectivity index (χ2v) is 53.3. The van der Waals surface area contributed by atoms with Crippen LogP contribution >= 0.6 is 34.8 Å². The van der Waals surface area contributed by atoms with Crippen molar-refractivity contribution < 1.29 is 85.7 Å². The molecule has 27 nitrogen and oxygen atoms in total. The molecule has 6 aromatic rings. The maximum atomic E-state index is 13.5. The fraction of sp³-hybridized carbons (Fsp3) is 0.553.